The maximum Gasteiger partial charge on any atom is 0.0462 e. The van der Waals surface area contributed by atoms with E-state index in [0.29, 0.717) is 6.04 Å². The molecule has 1 atom stereocenters. The van der Waals surface area contributed by atoms with E-state index < -0.39 is 0 Å². The van der Waals surface area contributed by atoms with Crippen LogP contribution in [0.25, 0.3) is 10.1 Å². The lowest BCUT2D eigenvalue weighted by Crippen LogP contribution is -2.19. The van der Waals surface area contributed by atoms with Crippen LogP contribution in [-0.4, -0.2) is 20.3 Å². The molecule has 2 nitrogen and oxygen atoms in total. The average Bonchev–Trinajstić information content (AvgIpc) is 2.80. The third-order valence-corrected chi connectivity index (χ3v) is 5.21. The summed E-state index contributed by atoms with van der Waals surface area (Å²) >= 11 is 1.92. The van der Waals surface area contributed by atoms with Crippen molar-refractivity contribution in [2.45, 2.75) is 39.2 Å². The van der Waals surface area contributed by atoms with Gasteiger partial charge < -0.3 is 10.1 Å². The van der Waals surface area contributed by atoms with Crippen molar-refractivity contribution in [1.29, 1.82) is 0 Å². The highest BCUT2D eigenvalue weighted by atomic mass is 32.1. The molecule has 1 unspecified atom stereocenters. The van der Waals surface area contributed by atoms with Crippen molar-refractivity contribution in [1.82, 2.24) is 5.32 Å². The number of methoxy groups -OCH3 is 1. The Bertz CT molecular complexity index is 535. The van der Waals surface area contributed by atoms with Crippen LogP contribution in [0.15, 0.2) is 24.3 Å². The molecule has 1 N–H and O–H groups in total. The van der Waals surface area contributed by atoms with Crippen molar-refractivity contribution in [2.24, 2.45) is 0 Å². The van der Waals surface area contributed by atoms with Gasteiger partial charge in [0.05, 0.1) is 0 Å². The van der Waals surface area contributed by atoms with Gasteiger partial charge in [0.15, 0.2) is 0 Å². The van der Waals surface area contributed by atoms with Gasteiger partial charge in [0.1, 0.15) is 0 Å². The molecule has 0 fully saturated rings. The molecule has 1 heterocycles. The number of aryl methyl sites for hydroxylation is 1. The molecule has 0 amide bonds. The molecular formula is C17H25NOS. The van der Waals surface area contributed by atoms with Gasteiger partial charge in [-0.3, -0.25) is 0 Å². The van der Waals surface area contributed by atoms with Gasteiger partial charge >= 0.3 is 0 Å². The third kappa shape index (κ3) is 3.81. The zero-order valence-electron chi connectivity index (χ0n) is 12.7. The lowest BCUT2D eigenvalue weighted by Gasteiger charge is -2.13. The fourth-order valence-electron chi connectivity index (χ4n) is 2.57. The number of hydrogen-bond acceptors (Lipinski definition) is 3. The zero-order valence-corrected chi connectivity index (χ0v) is 13.6. The van der Waals surface area contributed by atoms with Gasteiger partial charge in [0.2, 0.25) is 0 Å². The van der Waals surface area contributed by atoms with E-state index in [2.05, 4.69) is 43.4 Å². The first-order valence-corrected chi connectivity index (χ1v) is 8.26. The average molecular weight is 291 g/mol. The molecule has 0 aliphatic heterocycles. The smallest absolute Gasteiger partial charge is 0.0462 e. The van der Waals surface area contributed by atoms with Crippen molar-refractivity contribution in [3.05, 3.63) is 34.7 Å². The predicted octanol–water partition coefficient (Wildman–Crippen LogP) is 4.68. The summed E-state index contributed by atoms with van der Waals surface area (Å²) in [5.41, 5.74) is 1.44. The lowest BCUT2D eigenvalue weighted by molar-refractivity contribution is 0.192. The monoisotopic (exact) mass is 291 g/mol. The highest BCUT2D eigenvalue weighted by Crippen LogP contribution is 2.34. The number of ether oxygens (including phenoxy) is 1. The minimum atomic E-state index is 0.440. The van der Waals surface area contributed by atoms with Crippen molar-refractivity contribution in [3.63, 3.8) is 0 Å². The minimum absolute atomic E-state index is 0.440. The number of benzene rings is 1. The molecule has 0 saturated carbocycles. The van der Waals surface area contributed by atoms with E-state index in [1.807, 2.05) is 11.3 Å². The Morgan fingerprint density at radius 3 is 2.75 bits per heavy atom. The second-order valence-electron chi connectivity index (χ2n) is 5.32. The molecule has 2 rings (SSSR count). The Morgan fingerprint density at radius 1 is 1.20 bits per heavy atom. The van der Waals surface area contributed by atoms with Crippen LogP contribution in [0.4, 0.5) is 0 Å². The quantitative estimate of drug-likeness (QED) is 0.713. The Morgan fingerprint density at radius 2 is 2.00 bits per heavy atom. The molecule has 2 aromatic rings. The highest BCUT2D eigenvalue weighted by Gasteiger charge is 2.13. The van der Waals surface area contributed by atoms with Gasteiger partial charge in [-0.15, -0.1) is 11.3 Å². The van der Waals surface area contributed by atoms with E-state index in [1.54, 1.807) is 7.11 Å². The highest BCUT2D eigenvalue weighted by molar-refractivity contribution is 7.19. The molecule has 110 valence electrons. The Hall–Kier alpha value is -0.900. The van der Waals surface area contributed by atoms with Crippen LogP contribution in [-0.2, 0) is 4.74 Å². The number of fused-ring (bicyclic) bond motifs is 1. The second-order valence-corrected chi connectivity index (χ2v) is 6.40. The Balaban J connectivity index is 1.88. The number of hydrogen-bond donors (Lipinski definition) is 1. The van der Waals surface area contributed by atoms with Crippen LogP contribution in [0.2, 0.25) is 0 Å². The third-order valence-electron chi connectivity index (χ3n) is 3.75. The van der Waals surface area contributed by atoms with Crippen LogP contribution in [0.1, 0.15) is 42.7 Å². The van der Waals surface area contributed by atoms with Crippen molar-refractivity contribution >= 4 is 21.4 Å². The van der Waals surface area contributed by atoms with Gasteiger partial charge in [0.25, 0.3) is 0 Å². The van der Waals surface area contributed by atoms with Crippen LogP contribution in [0, 0.1) is 6.92 Å². The number of thiophene rings is 1. The number of nitrogens with one attached hydrogen (secondary N) is 1. The maximum atomic E-state index is 5.07. The van der Waals surface area contributed by atoms with E-state index in [1.165, 1.54) is 33.4 Å². The van der Waals surface area contributed by atoms with Gasteiger partial charge in [-0.05, 0) is 56.7 Å². The molecule has 0 radical (unpaired) electrons. The normalized spacial score (nSPS) is 12.9. The molecule has 0 aliphatic carbocycles. The largest absolute Gasteiger partial charge is 0.385 e. The summed E-state index contributed by atoms with van der Waals surface area (Å²) in [5.74, 6) is 0. The van der Waals surface area contributed by atoms with Crippen molar-refractivity contribution < 1.29 is 4.74 Å². The molecule has 20 heavy (non-hydrogen) atoms. The van der Waals surface area contributed by atoms with Gasteiger partial charge in [-0.25, -0.2) is 0 Å². The maximum absolute atomic E-state index is 5.07. The van der Waals surface area contributed by atoms with Gasteiger partial charge in [-0.1, -0.05) is 18.2 Å². The first-order chi connectivity index (χ1) is 9.74. The first kappa shape index (κ1) is 15.5. The molecule has 3 heteroatoms. The molecule has 0 aliphatic rings. The summed E-state index contributed by atoms with van der Waals surface area (Å²) in [5, 5.41) is 5.05. The summed E-state index contributed by atoms with van der Waals surface area (Å²) in [6.07, 6.45) is 3.62. The SMILES string of the molecule is COCCCCCNC(C)c1sc2ccccc2c1C. The van der Waals surface area contributed by atoms with E-state index in [0.717, 1.165) is 19.6 Å². The van der Waals surface area contributed by atoms with Gasteiger partial charge in [-0.2, -0.15) is 0 Å². The van der Waals surface area contributed by atoms with E-state index >= 15 is 0 Å². The Labute approximate surface area is 126 Å². The predicted molar refractivity (Wildman–Crippen MR) is 88.7 cm³/mol. The summed E-state index contributed by atoms with van der Waals surface area (Å²) in [6.45, 7) is 6.47. The zero-order chi connectivity index (χ0) is 14.4. The van der Waals surface area contributed by atoms with E-state index in [9.17, 15) is 0 Å². The number of unbranched alkanes of at least 4 members (excludes halogenated alkanes) is 2. The van der Waals surface area contributed by atoms with Crippen molar-refractivity contribution in [3.8, 4) is 0 Å². The summed E-state index contributed by atoms with van der Waals surface area (Å²) in [6, 6.07) is 9.13. The molecular weight excluding hydrogens is 266 g/mol. The molecule has 1 aromatic heterocycles. The minimum Gasteiger partial charge on any atom is -0.385 e. The summed E-state index contributed by atoms with van der Waals surface area (Å²) in [7, 11) is 1.77. The van der Waals surface area contributed by atoms with Crippen LogP contribution in [0.3, 0.4) is 0 Å². The number of rotatable bonds is 8. The van der Waals surface area contributed by atoms with Gasteiger partial charge in [0, 0.05) is 29.3 Å². The molecule has 0 saturated heterocycles. The molecule has 1 aromatic carbocycles. The standard InChI is InChI=1S/C17H25NOS/c1-13-15-9-5-6-10-16(15)20-17(13)14(2)18-11-7-4-8-12-19-3/h5-6,9-10,14,18H,4,7-8,11-12H2,1-3H3. The summed E-state index contributed by atoms with van der Waals surface area (Å²) < 4.78 is 6.47. The van der Waals surface area contributed by atoms with Crippen LogP contribution in [0.5, 0.6) is 0 Å². The fourth-order valence-corrected chi connectivity index (χ4v) is 3.80. The molecule has 0 spiro atoms. The first-order valence-electron chi connectivity index (χ1n) is 7.44. The Kier molecular flexibility index (Phi) is 6.02. The van der Waals surface area contributed by atoms with Crippen LogP contribution >= 0.6 is 11.3 Å². The molecule has 0 bridgehead atoms. The second kappa shape index (κ2) is 7.77. The van der Waals surface area contributed by atoms with Crippen LogP contribution < -0.4 is 5.32 Å². The van der Waals surface area contributed by atoms with Crippen molar-refractivity contribution in [2.75, 3.05) is 20.3 Å². The fraction of sp³-hybridized carbons (Fsp3) is 0.529. The summed E-state index contributed by atoms with van der Waals surface area (Å²) in [4.78, 5) is 1.48. The van der Waals surface area contributed by atoms with E-state index in [4.69, 9.17) is 4.74 Å². The van der Waals surface area contributed by atoms with E-state index in [-0.39, 0.29) is 0 Å². The lowest BCUT2D eigenvalue weighted by atomic mass is 10.1. The topological polar surface area (TPSA) is 21.3 Å².